The molecule has 2 aromatic heterocycles. The molecule has 3 rings (SSSR count). The van der Waals surface area contributed by atoms with Gasteiger partial charge in [-0.15, -0.1) is 0 Å². The maximum absolute atomic E-state index is 11.7. The number of carbonyl (C=O) groups excluding carboxylic acids is 1. The molecular weight excluding hydrogens is 230 g/mol. The predicted molar refractivity (Wildman–Crippen MR) is 67.3 cm³/mol. The molecule has 92 valence electrons. The van der Waals surface area contributed by atoms with Gasteiger partial charge in [0.15, 0.2) is 0 Å². The van der Waals surface area contributed by atoms with Gasteiger partial charge >= 0.3 is 0 Å². The Kier molecular flexibility index (Phi) is 2.51. The summed E-state index contributed by atoms with van der Waals surface area (Å²) in [5, 5.41) is 3.36. The SMILES string of the molecule is CC(=O)N1CC(c2ccncc2)Nc2cocc21. The monoisotopic (exact) mass is 243 g/mol. The highest BCUT2D eigenvalue weighted by molar-refractivity contribution is 5.96. The fourth-order valence-electron chi connectivity index (χ4n) is 2.20. The first-order chi connectivity index (χ1) is 8.75. The van der Waals surface area contributed by atoms with Crippen LogP contribution in [0, 0.1) is 0 Å². The van der Waals surface area contributed by atoms with Crippen LogP contribution in [0.1, 0.15) is 18.5 Å². The average molecular weight is 243 g/mol. The van der Waals surface area contributed by atoms with E-state index in [0.717, 1.165) is 16.9 Å². The topological polar surface area (TPSA) is 58.4 Å². The number of amides is 1. The molecule has 0 spiro atoms. The summed E-state index contributed by atoms with van der Waals surface area (Å²) in [6.07, 6.45) is 6.71. The predicted octanol–water partition coefficient (Wildman–Crippen LogP) is 2.19. The second-order valence-corrected chi connectivity index (χ2v) is 4.28. The Bertz CT molecular complexity index is 565. The first-order valence-corrected chi connectivity index (χ1v) is 5.76. The van der Waals surface area contributed by atoms with Gasteiger partial charge in [0.1, 0.15) is 18.2 Å². The maximum atomic E-state index is 11.7. The molecule has 1 N–H and O–H groups in total. The quantitative estimate of drug-likeness (QED) is 0.834. The lowest BCUT2D eigenvalue weighted by Gasteiger charge is -2.33. The molecule has 2 aromatic rings. The second-order valence-electron chi connectivity index (χ2n) is 4.28. The summed E-state index contributed by atoms with van der Waals surface area (Å²) in [4.78, 5) is 17.4. The van der Waals surface area contributed by atoms with Crippen molar-refractivity contribution >= 4 is 17.3 Å². The van der Waals surface area contributed by atoms with Crippen LogP contribution in [0.5, 0.6) is 0 Å². The number of hydrogen-bond acceptors (Lipinski definition) is 4. The van der Waals surface area contributed by atoms with E-state index < -0.39 is 0 Å². The third-order valence-corrected chi connectivity index (χ3v) is 3.12. The highest BCUT2D eigenvalue weighted by Crippen LogP contribution is 2.36. The van der Waals surface area contributed by atoms with Crippen LogP contribution >= 0.6 is 0 Å². The largest absolute Gasteiger partial charge is 0.468 e. The second kappa shape index (κ2) is 4.18. The number of carbonyl (C=O) groups is 1. The van der Waals surface area contributed by atoms with Crippen molar-refractivity contribution in [3.05, 3.63) is 42.6 Å². The van der Waals surface area contributed by atoms with E-state index in [-0.39, 0.29) is 11.9 Å². The molecule has 0 aliphatic carbocycles. The van der Waals surface area contributed by atoms with Crippen molar-refractivity contribution in [3.8, 4) is 0 Å². The lowest BCUT2D eigenvalue weighted by atomic mass is 10.1. The van der Waals surface area contributed by atoms with E-state index in [0.29, 0.717) is 6.54 Å². The Labute approximate surface area is 104 Å². The third kappa shape index (κ3) is 1.73. The molecule has 1 aliphatic heterocycles. The van der Waals surface area contributed by atoms with Gasteiger partial charge in [-0.1, -0.05) is 0 Å². The summed E-state index contributed by atoms with van der Waals surface area (Å²) in [5.41, 5.74) is 2.74. The highest BCUT2D eigenvalue weighted by Gasteiger charge is 2.28. The molecule has 3 heterocycles. The molecule has 0 radical (unpaired) electrons. The van der Waals surface area contributed by atoms with Crippen LogP contribution in [0.3, 0.4) is 0 Å². The molecule has 18 heavy (non-hydrogen) atoms. The summed E-state index contributed by atoms with van der Waals surface area (Å²) >= 11 is 0. The summed E-state index contributed by atoms with van der Waals surface area (Å²) in [6.45, 7) is 2.15. The summed E-state index contributed by atoms with van der Waals surface area (Å²) < 4.78 is 5.16. The first-order valence-electron chi connectivity index (χ1n) is 5.76. The zero-order chi connectivity index (χ0) is 12.5. The van der Waals surface area contributed by atoms with Gasteiger partial charge in [0, 0.05) is 19.3 Å². The molecular formula is C13H13N3O2. The van der Waals surface area contributed by atoms with Crippen LogP contribution < -0.4 is 10.2 Å². The van der Waals surface area contributed by atoms with Crippen LogP contribution in [-0.4, -0.2) is 17.4 Å². The van der Waals surface area contributed by atoms with E-state index in [4.69, 9.17) is 4.42 Å². The van der Waals surface area contributed by atoms with E-state index in [1.807, 2.05) is 12.1 Å². The number of furan rings is 1. The number of aromatic nitrogens is 1. The van der Waals surface area contributed by atoms with Crippen LogP contribution in [-0.2, 0) is 4.79 Å². The third-order valence-electron chi connectivity index (χ3n) is 3.12. The fourth-order valence-corrected chi connectivity index (χ4v) is 2.20. The van der Waals surface area contributed by atoms with E-state index in [9.17, 15) is 4.79 Å². The number of hydrogen-bond donors (Lipinski definition) is 1. The molecule has 5 nitrogen and oxygen atoms in total. The summed E-state index contributed by atoms with van der Waals surface area (Å²) in [7, 11) is 0. The molecule has 0 fully saturated rings. The van der Waals surface area contributed by atoms with Crippen molar-refractivity contribution in [1.29, 1.82) is 0 Å². The lowest BCUT2D eigenvalue weighted by molar-refractivity contribution is -0.116. The van der Waals surface area contributed by atoms with E-state index in [1.165, 1.54) is 0 Å². The standard InChI is InChI=1S/C13H13N3O2/c1-9(17)16-6-11(10-2-4-14-5-3-10)15-12-7-18-8-13(12)16/h2-5,7-8,11,15H,6H2,1H3. The van der Waals surface area contributed by atoms with Gasteiger partial charge in [-0.25, -0.2) is 0 Å². The summed E-state index contributed by atoms with van der Waals surface area (Å²) in [5.74, 6) is 0.0122. The average Bonchev–Trinajstić information content (AvgIpc) is 2.86. The van der Waals surface area contributed by atoms with Gasteiger partial charge in [-0.05, 0) is 17.7 Å². The van der Waals surface area contributed by atoms with Gasteiger partial charge in [0.2, 0.25) is 5.91 Å². The maximum Gasteiger partial charge on any atom is 0.224 e. The Hall–Kier alpha value is -2.30. The molecule has 0 saturated heterocycles. The number of anilines is 2. The van der Waals surface area contributed by atoms with Gasteiger partial charge < -0.3 is 14.6 Å². The smallest absolute Gasteiger partial charge is 0.224 e. The number of pyridine rings is 1. The van der Waals surface area contributed by atoms with E-state index in [2.05, 4.69) is 10.3 Å². The van der Waals surface area contributed by atoms with Crippen molar-refractivity contribution in [2.24, 2.45) is 0 Å². The normalized spacial score (nSPS) is 18.1. The van der Waals surface area contributed by atoms with E-state index >= 15 is 0 Å². The first kappa shape index (κ1) is 10.8. The van der Waals surface area contributed by atoms with Crippen LogP contribution in [0.25, 0.3) is 0 Å². The molecule has 0 bridgehead atoms. The number of fused-ring (bicyclic) bond motifs is 1. The Balaban J connectivity index is 1.96. The molecule has 1 atom stereocenters. The Morgan fingerprint density at radius 3 is 2.94 bits per heavy atom. The molecule has 5 heteroatoms. The fraction of sp³-hybridized carbons (Fsp3) is 0.231. The van der Waals surface area contributed by atoms with Gasteiger partial charge in [0.25, 0.3) is 0 Å². The van der Waals surface area contributed by atoms with Crippen molar-refractivity contribution < 1.29 is 9.21 Å². The lowest BCUT2D eigenvalue weighted by Crippen LogP contribution is -2.38. The zero-order valence-electron chi connectivity index (χ0n) is 9.96. The van der Waals surface area contributed by atoms with Crippen molar-refractivity contribution in [1.82, 2.24) is 4.98 Å². The molecule has 0 aromatic carbocycles. The van der Waals surface area contributed by atoms with Crippen molar-refractivity contribution in [2.45, 2.75) is 13.0 Å². The minimum atomic E-state index is 0.0122. The van der Waals surface area contributed by atoms with Crippen LogP contribution in [0.4, 0.5) is 11.4 Å². The van der Waals surface area contributed by atoms with Crippen LogP contribution in [0.15, 0.2) is 41.5 Å². The van der Waals surface area contributed by atoms with Gasteiger partial charge in [-0.2, -0.15) is 0 Å². The number of nitrogens with one attached hydrogen (secondary N) is 1. The number of nitrogens with zero attached hydrogens (tertiary/aromatic N) is 2. The highest BCUT2D eigenvalue weighted by atomic mass is 16.3. The zero-order valence-corrected chi connectivity index (χ0v) is 9.96. The Morgan fingerprint density at radius 2 is 2.22 bits per heavy atom. The van der Waals surface area contributed by atoms with E-state index in [1.54, 1.807) is 36.7 Å². The molecule has 1 amide bonds. The van der Waals surface area contributed by atoms with Crippen molar-refractivity contribution in [2.75, 3.05) is 16.8 Å². The minimum absolute atomic E-state index is 0.0122. The molecule has 1 aliphatic rings. The Morgan fingerprint density at radius 1 is 1.44 bits per heavy atom. The number of rotatable bonds is 1. The molecule has 1 unspecified atom stereocenters. The summed E-state index contributed by atoms with van der Waals surface area (Å²) in [6, 6.07) is 3.95. The van der Waals surface area contributed by atoms with Gasteiger partial charge in [-0.3, -0.25) is 9.78 Å². The van der Waals surface area contributed by atoms with Crippen LogP contribution in [0.2, 0.25) is 0 Å². The van der Waals surface area contributed by atoms with Gasteiger partial charge in [0.05, 0.1) is 18.3 Å². The molecule has 0 saturated carbocycles. The minimum Gasteiger partial charge on any atom is -0.468 e. The van der Waals surface area contributed by atoms with Crippen molar-refractivity contribution in [3.63, 3.8) is 0 Å².